The van der Waals surface area contributed by atoms with Crippen molar-refractivity contribution >= 4 is 22.8 Å². The maximum Gasteiger partial charge on any atom is 3.00 e. The Morgan fingerprint density at radius 2 is 0.674 bits per heavy atom. The molecular weight excluding hydrogens is 741 g/mol. The van der Waals surface area contributed by atoms with Crippen LogP contribution in [0.1, 0.15) is 139 Å². The molecule has 6 atom stereocenters. The third kappa shape index (κ3) is 34.9. The van der Waals surface area contributed by atoms with Gasteiger partial charge in [0.2, 0.25) is 0 Å². The molecule has 13 heteroatoms. The van der Waals surface area contributed by atoms with Crippen LogP contribution in [0.3, 0.4) is 0 Å². The van der Waals surface area contributed by atoms with Gasteiger partial charge in [-0.1, -0.05) is 120 Å². The van der Waals surface area contributed by atoms with Crippen molar-refractivity contribution in [1.29, 1.82) is 0 Å². The molecule has 0 saturated heterocycles. The average Bonchev–Trinajstić information content (AvgIpc) is 2.98. The van der Waals surface area contributed by atoms with Gasteiger partial charge in [0.1, 0.15) is 22.8 Å². The molecule has 0 aromatic carbocycles. The molecule has 1 radical (unpaired) electrons. The van der Waals surface area contributed by atoms with E-state index in [9.17, 15) is 28.4 Å². The normalized spacial score (nSPS) is 17.3. The van der Waals surface area contributed by atoms with Gasteiger partial charge in [-0.15, -0.1) is 0 Å². The van der Waals surface area contributed by atoms with E-state index in [-0.39, 0.29) is 59.3 Å². The molecule has 43 heavy (non-hydrogen) atoms. The fourth-order valence-electron chi connectivity index (χ4n) is 3.63. The second-order valence-corrected chi connectivity index (χ2v) is 17.3. The summed E-state index contributed by atoms with van der Waals surface area (Å²) in [5.74, 6) is 1.18. The molecule has 6 unspecified atom stereocenters. The van der Waals surface area contributed by atoms with Gasteiger partial charge >= 0.3 is 40.8 Å². The van der Waals surface area contributed by atoms with Crippen LogP contribution in [0, 0.1) is 58.6 Å². The number of hydrogen-bond acceptors (Lipinski definition) is 9. The van der Waals surface area contributed by atoms with Crippen molar-refractivity contribution in [1.82, 2.24) is 0 Å². The fraction of sp³-hybridized carbons (Fsp3) is 1.00. The molecule has 9 nitrogen and oxygen atoms in total. The van der Waals surface area contributed by atoms with Crippen molar-refractivity contribution in [2.45, 2.75) is 139 Å². The van der Waals surface area contributed by atoms with E-state index in [1.807, 2.05) is 0 Å². The summed E-state index contributed by atoms with van der Waals surface area (Å²) in [7, 11) is -10.6. The van der Waals surface area contributed by atoms with E-state index in [1.54, 1.807) is 20.8 Å². The van der Waals surface area contributed by atoms with Gasteiger partial charge in [-0.25, -0.2) is 0 Å². The summed E-state index contributed by atoms with van der Waals surface area (Å²) in [5, 5.41) is 0. The monoisotopic (exact) mass is 805 g/mol. The van der Waals surface area contributed by atoms with Crippen LogP contribution in [-0.2, 0) is 27.3 Å². The molecule has 0 rings (SSSR count). The van der Waals surface area contributed by atoms with Gasteiger partial charge < -0.3 is 41.9 Å². The van der Waals surface area contributed by atoms with Crippen molar-refractivity contribution < 1.29 is 82.8 Å². The van der Waals surface area contributed by atoms with Gasteiger partial charge in [0, 0.05) is 18.5 Å². The molecule has 0 aromatic rings. The first-order valence-corrected chi connectivity index (χ1v) is 21.7. The minimum absolute atomic E-state index is 0. The maximum absolute atomic E-state index is 11.1. The standard InChI is InChI=1S/3C10H23O3P.Nd/c3*1-4-7-8-10(5-2)9-13-14(11,12)6-3;/h3*10H,4-9H2,1-3H3,(H,11,12);/q;;;+3/p-3. The Bertz CT molecular complexity index is 649. The molecule has 0 amide bonds. The predicted octanol–water partition coefficient (Wildman–Crippen LogP) is 8.38. The van der Waals surface area contributed by atoms with Gasteiger partial charge in [-0.3, -0.25) is 0 Å². The minimum atomic E-state index is -3.52. The fourth-order valence-corrected chi connectivity index (χ4v) is 5.49. The largest absolute Gasteiger partial charge is 3.00 e. The molecule has 0 spiro atoms. The van der Waals surface area contributed by atoms with E-state index in [1.165, 1.54) is 0 Å². The number of unbranched alkanes of at least 4 members (excludes halogenated alkanes) is 3. The molecule has 0 heterocycles. The summed E-state index contributed by atoms with van der Waals surface area (Å²) in [5.41, 5.74) is 0. The maximum atomic E-state index is 11.1. The van der Waals surface area contributed by atoms with Gasteiger partial charge in [0.15, 0.2) is 0 Å². The van der Waals surface area contributed by atoms with Crippen LogP contribution in [-0.4, -0.2) is 38.3 Å². The van der Waals surface area contributed by atoms with Crippen LogP contribution in [0.5, 0.6) is 0 Å². The first kappa shape index (κ1) is 51.6. The van der Waals surface area contributed by atoms with Crippen molar-refractivity contribution in [3.63, 3.8) is 0 Å². The molecule has 0 N–H and O–H groups in total. The third-order valence-corrected chi connectivity index (χ3v) is 11.3. The summed E-state index contributed by atoms with van der Waals surface area (Å²) >= 11 is 0. The second kappa shape index (κ2) is 32.4. The summed E-state index contributed by atoms with van der Waals surface area (Å²) in [6, 6.07) is 0. The summed E-state index contributed by atoms with van der Waals surface area (Å²) < 4.78 is 48.1. The van der Waals surface area contributed by atoms with E-state index in [4.69, 9.17) is 13.6 Å². The van der Waals surface area contributed by atoms with Crippen LogP contribution in [0.25, 0.3) is 0 Å². The Hall–Kier alpha value is 1.80. The molecular formula is C30H66NdO9P3. The van der Waals surface area contributed by atoms with E-state index < -0.39 is 22.8 Å². The zero-order valence-corrected chi connectivity index (χ0v) is 34.9. The van der Waals surface area contributed by atoms with E-state index in [0.717, 1.165) is 77.0 Å². The molecule has 0 fully saturated rings. The third-order valence-electron chi connectivity index (χ3n) is 7.31. The molecule has 0 aromatic heterocycles. The first-order valence-electron chi connectivity index (χ1n) is 16.5. The van der Waals surface area contributed by atoms with Crippen molar-refractivity contribution in [2.75, 3.05) is 38.3 Å². The van der Waals surface area contributed by atoms with Crippen molar-refractivity contribution in [3.05, 3.63) is 0 Å². The average molecular weight is 808 g/mol. The van der Waals surface area contributed by atoms with Crippen LogP contribution in [0.15, 0.2) is 0 Å². The summed E-state index contributed by atoms with van der Waals surface area (Å²) in [6.45, 7) is 18.6. The van der Waals surface area contributed by atoms with Crippen molar-refractivity contribution in [2.24, 2.45) is 17.8 Å². The Balaban J connectivity index is -0.000000262. The number of hydrogen-bond donors (Lipinski definition) is 0. The van der Waals surface area contributed by atoms with E-state index in [0.29, 0.717) is 37.6 Å². The second-order valence-electron chi connectivity index (χ2n) is 10.9. The molecule has 0 aliphatic carbocycles. The van der Waals surface area contributed by atoms with Crippen LogP contribution in [0.4, 0.5) is 0 Å². The molecule has 0 bridgehead atoms. The zero-order chi connectivity index (χ0) is 33.1. The Kier molecular flexibility index (Phi) is 38.8. The SMILES string of the molecule is CCCCC(CC)COP(=O)([O-])CC.CCCCC(CC)COP(=O)([O-])CC.CCCCC(CC)COP(=O)([O-])CC.[Nd+3]. The van der Waals surface area contributed by atoms with Crippen LogP contribution >= 0.6 is 22.8 Å². The predicted molar refractivity (Wildman–Crippen MR) is 172 cm³/mol. The zero-order valence-electron chi connectivity index (χ0n) is 29.0. The Morgan fingerprint density at radius 3 is 0.814 bits per heavy atom. The topological polar surface area (TPSA) is 148 Å². The Labute approximate surface area is 298 Å². The van der Waals surface area contributed by atoms with Gasteiger partial charge in [0.05, 0.1) is 19.8 Å². The quantitative estimate of drug-likeness (QED) is 0.0878. The number of rotatable bonds is 24. The summed E-state index contributed by atoms with van der Waals surface area (Å²) in [6.07, 6.45) is 13.4. The Morgan fingerprint density at radius 1 is 0.465 bits per heavy atom. The van der Waals surface area contributed by atoms with Crippen molar-refractivity contribution in [3.8, 4) is 0 Å². The van der Waals surface area contributed by atoms with Gasteiger partial charge in [-0.05, 0) is 37.0 Å². The van der Waals surface area contributed by atoms with Gasteiger partial charge in [0.25, 0.3) is 0 Å². The van der Waals surface area contributed by atoms with Crippen LogP contribution < -0.4 is 14.7 Å². The smallest absolute Gasteiger partial charge is 0.779 e. The van der Waals surface area contributed by atoms with Crippen LogP contribution in [0.2, 0.25) is 0 Å². The minimum Gasteiger partial charge on any atom is -0.779 e. The molecule has 0 aliphatic heterocycles. The van der Waals surface area contributed by atoms with Gasteiger partial charge in [-0.2, -0.15) is 0 Å². The summed E-state index contributed by atoms with van der Waals surface area (Å²) in [4.78, 5) is 33.3. The first-order chi connectivity index (χ1) is 19.7. The molecule has 0 aliphatic rings. The van der Waals surface area contributed by atoms with E-state index in [2.05, 4.69) is 41.5 Å². The van der Waals surface area contributed by atoms with E-state index >= 15 is 0 Å². The molecule has 259 valence electrons. The molecule has 0 saturated carbocycles.